The van der Waals surface area contributed by atoms with Crippen molar-refractivity contribution < 1.29 is 77.6 Å². The molecular weight excluding hydrogens is 304 g/mol. The predicted molar refractivity (Wildman–Crippen MR) is 9.21 cm³/mol. The van der Waals surface area contributed by atoms with Gasteiger partial charge in [-0.15, -0.1) is 0 Å². The molecule has 0 rings (SSSR count). The van der Waals surface area contributed by atoms with Crippen LogP contribution in [0.2, 0.25) is 0 Å². The molecule has 0 atom stereocenters. The Hall–Kier alpha value is 2.41. The van der Waals surface area contributed by atoms with Crippen LogP contribution in [0.3, 0.4) is 0 Å². The Morgan fingerprint density at radius 1 is 1.17 bits per heavy atom. The fraction of sp³-hybridized carbons (Fsp3) is 0. The summed E-state index contributed by atoms with van der Waals surface area (Å²) in [4.78, 5) is 0. The number of hydrogen-bond donors (Lipinski definition) is 0. The first-order chi connectivity index (χ1) is 3.00. The molecule has 0 N–H and O–H groups in total. The Kier molecular flexibility index (Phi) is 138. The molecule has 0 aromatic carbocycles. The zero-order chi connectivity index (χ0) is 6.00. The number of hydrogen-bond acceptors (Lipinski definition) is 3. The van der Waals surface area contributed by atoms with Crippen molar-refractivity contribution in [1.82, 2.24) is 0 Å². The van der Waals surface area contributed by atoms with Crippen LogP contribution < -0.4 is 0 Å². The van der Waals surface area contributed by atoms with Gasteiger partial charge in [0, 0.05) is 0 Å². The van der Waals surface area contributed by atoms with E-state index in [1.807, 2.05) is 0 Å². The molecule has 29 valence electrons. The minimum absolute atomic E-state index is 0.0556. The zero-order valence-corrected chi connectivity index (χ0v) is 10.4. The van der Waals surface area contributed by atoms with E-state index in [2.05, 4.69) is 0 Å². The van der Waals surface area contributed by atoms with Crippen LogP contribution in [0.25, 0.3) is 0 Å². The van der Waals surface area contributed by atoms with Gasteiger partial charge in [-0.2, -0.15) is 0 Å². The first-order valence-electron chi connectivity index (χ1n) is 0.729. The second kappa shape index (κ2) is 52.4. The molecule has 0 unspecified atom stereocenters. The van der Waals surface area contributed by atoms with E-state index in [1.165, 1.54) is 0 Å². The van der Waals surface area contributed by atoms with Crippen LogP contribution in [0.1, 0.15) is 0 Å². The maximum absolute atomic E-state index is 8.39. The maximum atomic E-state index is 8.39. The van der Waals surface area contributed by atoms with Crippen LogP contribution in [0.15, 0.2) is 0 Å². The van der Waals surface area contributed by atoms with Crippen LogP contribution >= 0.6 is 0 Å². The Bertz CT molecular complexity index is 15.5. The van der Waals surface area contributed by atoms with Gasteiger partial charge in [0.1, 0.15) is 0 Å². The Morgan fingerprint density at radius 3 is 1.17 bits per heavy atom. The molecule has 0 bridgehead atoms. The molecule has 0 spiro atoms. The molecule has 0 aliphatic rings. The Balaban J connectivity index is -0.0000000225. The van der Waals surface area contributed by atoms with Crippen molar-refractivity contribution in [3.63, 3.8) is 0 Å². The standard InChI is InChI=1S/Al.Ce.3O.Y.H. The Morgan fingerprint density at radius 2 is 1.17 bits per heavy atom. The normalized spacial score (nSPS) is 2.00. The van der Waals surface area contributed by atoms with Crippen LogP contribution in [0.5, 0.6) is 0 Å². The van der Waals surface area contributed by atoms with Gasteiger partial charge in [0.25, 0.3) is 0 Å². The van der Waals surface area contributed by atoms with Crippen molar-refractivity contribution in [2.45, 2.75) is 0 Å². The van der Waals surface area contributed by atoms with Crippen LogP contribution in [-0.2, 0) is 37.8 Å². The van der Waals surface area contributed by atoms with E-state index < -0.39 is 0 Å². The molecule has 0 aromatic rings. The summed E-state index contributed by atoms with van der Waals surface area (Å²) >= 11 is 0.767. The molecular formula is HAlCeO3Y. The molecule has 0 heterocycles. The minimum atomic E-state index is 0.0556. The molecule has 0 aromatic heterocycles. The first kappa shape index (κ1) is 15.8. The van der Waals surface area contributed by atoms with E-state index in [9.17, 15) is 0 Å². The quantitative estimate of drug-likeness (QED) is 0.539. The summed E-state index contributed by atoms with van der Waals surface area (Å²) in [5, 5.41) is 0. The first-order valence-corrected chi connectivity index (χ1v) is 3.75. The van der Waals surface area contributed by atoms with E-state index in [0.717, 1.165) is 0 Å². The predicted octanol–water partition coefficient (Wildman–Crippen LogP) is -1.01. The second-order valence-electron chi connectivity index (χ2n) is 0. The summed E-state index contributed by atoms with van der Waals surface area (Å²) in [6.45, 7) is 0. The summed E-state index contributed by atoms with van der Waals surface area (Å²) in [7, 11) is 0. The molecule has 0 aliphatic carbocycles. The van der Waals surface area contributed by atoms with Crippen molar-refractivity contribution in [1.29, 1.82) is 0 Å². The van der Waals surface area contributed by atoms with Crippen LogP contribution in [-0.4, -0.2) is 16.2 Å². The fourth-order valence-corrected chi connectivity index (χ4v) is 0. The third kappa shape index (κ3) is 32.3. The van der Waals surface area contributed by atoms with Gasteiger partial charge in [-0.25, -0.2) is 0 Å². The van der Waals surface area contributed by atoms with Gasteiger partial charge < -0.3 is 0 Å². The van der Waals surface area contributed by atoms with Gasteiger partial charge in [-0.3, -0.25) is 0 Å². The molecule has 6 heteroatoms. The number of rotatable bonds is 0. The van der Waals surface area contributed by atoms with Crippen molar-refractivity contribution in [2.24, 2.45) is 0 Å². The molecule has 6 heavy (non-hydrogen) atoms. The van der Waals surface area contributed by atoms with Gasteiger partial charge in [0.2, 0.25) is 0 Å². The van der Waals surface area contributed by atoms with E-state index in [-0.39, 0.29) is 70.8 Å². The van der Waals surface area contributed by atoms with Crippen LogP contribution in [0.4, 0.5) is 0 Å². The van der Waals surface area contributed by atoms with Gasteiger partial charge in [-0.05, 0) is 0 Å². The molecule has 0 saturated carbocycles. The molecule has 0 amide bonds. The SMILES string of the molecule is [O]=[AlH].[O]=[Ce].[O]=[Y]. The monoisotopic (exact) mass is 305 g/mol. The average molecular weight is 305 g/mol. The van der Waals surface area contributed by atoms with Gasteiger partial charge in [0.05, 0.1) is 0 Å². The third-order valence-electron chi connectivity index (χ3n) is 0. The van der Waals surface area contributed by atoms with Gasteiger partial charge >= 0.3 is 93.8 Å². The van der Waals surface area contributed by atoms with E-state index in [4.69, 9.17) is 6.79 Å². The molecule has 0 fully saturated rings. The van der Waals surface area contributed by atoms with E-state index in [1.54, 1.807) is 0 Å². The van der Waals surface area contributed by atoms with Gasteiger partial charge in [0.15, 0.2) is 0 Å². The van der Waals surface area contributed by atoms with Crippen molar-refractivity contribution in [3.05, 3.63) is 0 Å². The molecule has 0 radical (unpaired) electrons. The summed E-state index contributed by atoms with van der Waals surface area (Å²) in [6.07, 6.45) is 0. The molecule has 3 nitrogen and oxygen atoms in total. The van der Waals surface area contributed by atoms with Crippen LogP contribution in [0, 0.1) is 39.8 Å². The zero-order valence-electron chi connectivity index (χ0n) is 3.01. The topological polar surface area (TPSA) is 51.2 Å². The Labute approximate surface area is 91.5 Å². The summed E-state index contributed by atoms with van der Waals surface area (Å²) < 4.78 is 25.0. The summed E-state index contributed by atoms with van der Waals surface area (Å²) in [5.41, 5.74) is 0. The van der Waals surface area contributed by atoms with Crippen molar-refractivity contribution in [3.8, 4) is 0 Å². The molecule has 0 saturated heterocycles. The summed E-state index contributed by atoms with van der Waals surface area (Å²) in [5.74, 6) is 0. The molecule has 0 aliphatic heterocycles. The summed E-state index contributed by atoms with van der Waals surface area (Å²) in [6, 6.07) is 0. The van der Waals surface area contributed by atoms with Gasteiger partial charge in [-0.1, -0.05) is 0 Å². The van der Waals surface area contributed by atoms with Crippen molar-refractivity contribution in [2.75, 3.05) is 0 Å². The van der Waals surface area contributed by atoms with Crippen molar-refractivity contribution >= 4 is 16.2 Å². The van der Waals surface area contributed by atoms with E-state index >= 15 is 0 Å². The fourth-order valence-electron chi connectivity index (χ4n) is 0. The third-order valence-corrected chi connectivity index (χ3v) is 0. The second-order valence-corrected chi connectivity index (χ2v) is 0. The van der Waals surface area contributed by atoms with E-state index in [0.29, 0.717) is 16.2 Å². The average Bonchev–Trinajstić information content (AvgIpc) is 1.81.